The van der Waals surface area contributed by atoms with Crippen LogP contribution >= 0.6 is 0 Å². The van der Waals surface area contributed by atoms with Crippen molar-refractivity contribution < 1.29 is 39.8 Å². The Morgan fingerprint density at radius 3 is 1.42 bits per heavy atom. The molecule has 0 bridgehead atoms. The predicted molar refractivity (Wildman–Crippen MR) is 226 cm³/mol. The third-order valence-electron chi connectivity index (χ3n) is 11.4. The van der Waals surface area contributed by atoms with Crippen molar-refractivity contribution >= 4 is 5.91 Å². The largest absolute Gasteiger partial charge is 0.394 e. The summed E-state index contributed by atoms with van der Waals surface area (Å²) in [6.07, 6.45) is 35.6. The van der Waals surface area contributed by atoms with Crippen molar-refractivity contribution in [1.29, 1.82) is 0 Å². The van der Waals surface area contributed by atoms with Gasteiger partial charge in [0, 0.05) is 6.42 Å². The average molecular weight is 784 g/mol. The smallest absolute Gasteiger partial charge is 0.220 e. The van der Waals surface area contributed by atoms with Gasteiger partial charge < -0.3 is 40.3 Å². The second kappa shape index (κ2) is 37.2. The number of carbonyl (C=O) groups is 1. The Morgan fingerprint density at radius 2 is 1.00 bits per heavy atom. The number of allylic oxidation sites excluding steroid dienone is 1. The Hall–Kier alpha value is -1.07. The zero-order valence-corrected chi connectivity index (χ0v) is 35.7. The molecule has 9 nitrogen and oxygen atoms in total. The molecule has 0 radical (unpaired) electrons. The van der Waals surface area contributed by atoms with Gasteiger partial charge in [-0.15, -0.1) is 0 Å². The standard InChI is InChI=1S/C46H89NO8/c1-3-5-7-9-11-13-14-15-16-17-18-19-20-21-22-23-24-25-26-28-30-32-34-36-42(50)47-39(40(49)35-33-31-29-27-12-10-8-6-4-2)38-54-46-45(53)44(52)43(51)41(37-48)55-46/h33,35,39-41,43-46,48-49,51-53H,3-32,34,36-38H2,1-2H3,(H,47,50)/b35-33+/t39-,40+,41-,43-,44?,45?,46-/m0/s1. The number of hydrogen-bond donors (Lipinski definition) is 6. The van der Waals surface area contributed by atoms with Gasteiger partial charge in [0.1, 0.15) is 24.4 Å². The van der Waals surface area contributed by atoms with E-state index in [0.29, 0.717) is 6.42 Å². The van der Waals surface area contributed by atoms with Gasteiger partial charge in [0.25, 0.3) is 0 Å². The molecule has 1 saturated heterocycles. The zero-order chi connectivity index (χ0) is 40.2. The van der Waals surface area contributed by atoms with Crippen molar-refractivity contribution in [1.82, 2.24) is 5.32 Å². The summed E-state index contributed by atoms with van der Waals surface area (Å²) in [5.74, 6) is -0.176. The highest BCUT2D eigenvalue weighted by Crippen LogP contribution is 2.23. The first kappa shape index (κ1) is 51.9. The lowest BCUT2D eigenvalue weighted by Gasteiger charge is -2.40. The zero-order valence-electron chi connectivity index (χ0n) is 35.7. The maximum Gasteiger partial charge on any atom is 0.220 e. The second-order valence-corrected chi connectivity index (χ2v) is 16.6. The number of rotatable bonds is 39. The molecule has 0 aromatic carbocycles. The third kappa shape index (κ3) is 28.1. The number of carbonyl (C=O) groups excluding carboxylic acids is 1. The van der Waals surface area contributed by atoms with E-state index < -0.39 is 49.5 Å². The van der Waals surface area contributed by atoms with Crippen LogP contribution in [0.3, 0.4) is 0 Å². The van der Waals surface area contributed by atoms with E-state index in [1.807, 2.05) is 6.08 Å². The van der Waals surface area contributed by atoms with E-state index in [9.17, 15) is 30.3 Å². The molecule has 9 heteroatoms. The predicted octanol–water partition coefficient (Wildman–Crippen LogP) is 9.73. The van der Waals surface area contributed by atoms with Crippen molar-refractivity contribution in [3.63, 3.8) is 0 Å². The lowest BCUT2D eigenvalue weighted by atomic mass is 9.99. The maximum absolute atomic E-state index is 12.9. The molecule has 1 heterocycles. The quantitative estimate of drug-likeness (QED) is 0.0267. The van der Waals surface area contributed by atoms with Crippen LogP contribution in [-0.4, -0.2) is 87.5 Å². The van der Waals surface area contributed by atoms with E-state index in [0.717, 1.165) is 38.5 Å². The Bertz CT molecular complexity index is 873. The summed E-state index contributed by atoms with van der Waals surface area (Å²) in [6.45, 7) is 3.75. The van der Waals surface area contributed by atoms with Crippen LogP contribution in [0.2, 0.25) is 0 Å². The van der Waals surface area contributed by atoms with Crippen LogP contribution in [0, 0.1) is 0 Å². The highest BCUT2D eigenvalue weighted by atomic mass is 16.7. The number of aliphatic hydroxyl groups is 5. The molecule has 1 aliphatic rings. The summed E-state index contributed by atoms with van der Waals surface area (Å²) in [6, 6.07) is -0.797. The molecule has 0 saturated carbocycles. The van der Waals surface area contributed by atoms with Crippen LogP contribution in [0.25, 0.3) is 0 Å². The minimum Gasteiger partial charge on any atom is -0.394 e. The fourth-order valence-corrected chi connectivity index (χ4v) is 7.57. The highest BCUT2D eigenvalue weighted by Gasteiger charge is 2.44. The molecule has 0 aromatic rings. The van der Waals surface area contributed by atoms with Gasteiger partial charge in [-0.05, 0) is 19.3 Å². The van der Waals surface area contributed by atoms with Crippen LogP contribution in [0.5, 0.6) is 0 Å². The minimum atomic E-state index is -1.56. The lowest BCUT2D eigenvalue weighted by molar-refractivity contribution is -0.302. The molecule has 55 heavy (non-hydrogen) atoms. The van der Waals surface area contributed by atoms with Gasteiger partial charge >= 0.3 is 0 Å². The van der Waals surface area contributed by atoms with Crippen molar-refractivity contribution in [2.75, 3.05) is 13.2 Å². The van der Waals surface area contributed by atoms with Gasteiger partial charge in [-0.3, -0.25) is 4.79 Å². The van der Waals surface area contributed by atoms with Gasteiger partial charge in [-0.25, -0.2) is 0 Å². The lowest BCUT2D eigenvalue weighted by Crippen LogP contribution is -2.60. The normalized spacial score (nSPS) is 21.3. The number of nitrogens with one attached hydrogen (secondary N) is 1. The Kier molecular flexibility index (Phi) is 35.2. The molecule has 7 atom stereocenters. The van der Waals surface area contributed by atoms with Gasteiger partial charge in [0.05, 0.1) is 25.4 Å². The maximum atomic E-state index is 12.9. The number of ether oxygens (including phenoxy) is 2. The fraction of sp³-hybridized carbons (Fsp3) is 0.935. The SMILES string of the molecule is CCCCCCCCC/C=C/[C@@H](O)[C@H](CO[C@H]1O[C@@H](CO)[C@H](O)C(O)C1O)NC(=O)CCCCCCCCCCCCCCCCCCCCCCCCC. The molecule has 0 spiro atoms. The Morgan fingerprint density at radius 1 is 0.600 bits per heavy atom. The molecule has 326 valence electrons. The van der Waals surface area contributed by atoms with Crippen LogP contribution in [-0.2, 0) is 14.3 Å². The minimum absolute atomic E-state index is 0.176. The van der Waals surface area contributed by atoms with Gasteiger partial charge in [0.15, 0.2) is 6.29 Å². The van der Waals surface area contributed by atoms with Crippen molar-refractivity contribution in [2.24, 2.45) is 0 Å². The van der Waals surface area contributed by atoms with Crippen LogP contribution in [0.1, 0.15) is 219 Å². The van der Waals surface area contributed by atoms with Gasteiger partial charge in [0.2, 0.25) is 5.91 Å². The molecule has 1 aliphatic heterocycles. The molecule has 1 amide bonds. The van der Waals surface area contributed by atoms with E-state index >= 15 is 0 Å². The monoisotopic (exact) mass is 784 g/mol. The van der Waals surface area contributed by atoms with Crippen LogP contribution in [0.4, 0.5) is 0 Å². The molecule has 2 unspecified atom stereocenters. The molecular weight excluding hydrogens is 695 g/mol. The number of amides is 1. The number of hydrogen-bond acceptors (Lipinski definition) is 8. The molecule has 1 rings (SSSR count). The fourth-order valence-electron chi connectivity index (χ4n) is 7.57. The van der Waals surface area contributed by atoms with Crippen molar-refractivity contribution in [3.8, 4) is 0 Å². The van der Waals surface area contributed by atoms with Crippen molar-refractivity contribution in [3.05, 3.63) is 12.2 Å². The van der Waals surface area contributed by atoms with Crippen LogP contribution < -0.4 is 5.32 Å². The first-order chi connectivity index (χ1) is 26.8. The second-order valence-electron chi connectivity index (χ2n) is 16.6. The van der Waals surface area contributed by atoms with E-state index in [1.165, 1.54) is 161 Å². The van der Waals surface area contributed by atoms with E-state index in [4.69, 9.17) is 9.47 Å². The third-order valence-corrected chi connectivity index (χ3v) is 11.4. The summed E-state index contributed by atoms with van der Waals surface area (Å²) in [4.78, 5) is 12.9. The topological polar surface area (TPSA) is 149 Å². The average Bonchev–Trinajstić information content (AvgIpc) is 3.18. The van der Waals surface area contributed by atoms with Gasteiger partial charge in [-0.2, -0.15) is 0 Å². The first-order valence-electron chi connectivity index (χ1n) is 23.4. The summed E-state index contributed by atoms with van der Waals surface area (Å²) >= 11 is 0. The number of aliphatic hydroxyl groups excluding tert-OH is 5. The van der Waals surface area contributed by atoms with Gasteiger partial charge in [-0.1, -0.05) is 206 Å². The summed E-state index contributed by atoms with van der Waals surface area (Å²) in [7, 11) is 0. The molecule has 1 fully saturated rings. The molecular formula is C46H89NO8. The Balaban J connectivity index is 2.21. The van der Waals surface area contributed by atoms with E-state index in [-0.39, 0.29) is 12.5 Å². The Labute approximate surface area is 337 Å². The van der Waals surface area contributed by atoms with E-state index in [1.54, 1.807) is 6.08 Å². The molecule has 0 aromatic heterocycles. The summed E-state index contributed by atoms with van der Waals surface area (Å²) in [5, 5.41) is 54.0. The van der Waals surface area contributed by atoms with E-state index in [2.05, 4.69) is 19.2 Å². The molecule has 6 N–H and O–H groups in total. The number of unbranched alkanes of at least 4 members (excludes halogenated alkanes) is 29. The summed E-state index contributed by atoms with van der Waals surface area (Å²) < 4.78 is 11.2. The first-order valence-corrected chi connectivity index (χ1v) is 23.4. The van der Waals surface area contributed by atoms with Crippen LogP contribution in [0.15, 0.2) is 12.2 Å². The summed E-state index contributed by atoms with van der Waals surface area (Å²) in [5.41, 5.74) is 0. The highest BCUT2D eigenvalue weighted by molar-refractivity contribution is 5.76. The van der Waals surface area contributed by atoms with Crippen molar-refractivity contribution in [2.45, 2.75) is 262 Å². The molecule has 0 aliphatic carbocycles.